The normalized spacial score (nSPS) is 12.7. The van der Waals surface area contributed by atoms with E-state index in [4.69, 9.17) is 5.73 Å². The molecule has 78 valence electrons. The minimum atomic E-state index is -0.122. The molecule has 15 heavy (non-hydrogen) atoms. The molecule has 1 unspecified atom stereocenters. The Kier molecular flexibility index (Phi) is 2.73. The molecule has 2 aromatic rings. The molecule has 0 spiro atoms. The Labute approximate surface area is 88.0 Å². The summed E-state index contributed by atoms with van der Waals surface area (Å²) >= 11 is 0. The standard InChI is InChI=1S/C10H13N5/c1-15-5-3-8(14-15)6-9(11)10-2-4-12-7-13-10/h2-5,7,9H,6,11H2,1H3. The Morgan fingerprint density at radius 3 is 2.93 bits per heavy atom. The van der Waals surface area contributed by atoms with Crippen LogP contribution in [0.3, 0.4) is 0 Å². The van der Waals surface area contributed by atoms with Crippen LogP contribution >= 0.6 is 0 Å². The molecule has 0 aliphatic carbocycles. The van der Waals surface area contributed by atoms with E-state index in [0.717, 1.165) is 11.4 Å². The van der Waals surface area contributed by atoms with Gasteiger partial charge >= 0.3 is 0 Å². The van der Waals surface area contributed by atoms with Crippen LogP contribution in [0, 0.1) is 0 Å². The molecule has 0 aliphatic heterocycles. The molecular formula is C10H13N5. The van der Waals surface area contributed by atoms with Crippen LogP contribution in [-0.4, -0.2) is 19.7 Å². The second-order valence-corrected chi connectivity index (χ2v) is 3.43. The first-order valence-corrected chi connectivity index (χ1v) is 4.76. The molecule has 0 saturated carbocycles. The summed E-state index contributed by atoms with van der Waals surface area (Å²) < 4.78 is 1.77. The average molecular weight is 203 g/mol. The van der Waals surface area contributed by atoms with Gasteiger partial charge in [-0.05, 0) is 12.1 Å². The molecule has 2 N–H and O–H groups in total. The zero-order valence-corrected chi connectivity index (χ0v) is 8.54. The molecular weight excluding hydrogens is 190 g/mol. The Morgan fingerprint density at radius 2 is 2.33 bits per heavy atom. The van der Waals surface area contributed by atoms with Crippen molar-refractivity contribution in [3.8, 4) is 0 Å². The van der Waals surface area contributed by atoms with Gasteiger partial charge in [0, 0.05) is 25.9 Å². The monoisotopic (exact) mass is 203 g/mol. The van der Waals surface area contributed by atoms with Crippen molar-refractivity contribution in [2.75, 3.05) is 0 Å². The van der Waals surface area contributed by atoms with Gasteiger partial charge in [-0.2, -0.15) is 5.10 Å². The molecule has 2 rings (SSSR count). The van der Waals surface area contributed by atoms with Crippen molar-refractivity contribution in [3.63, 3.8) is 0 Å². The number of aryl methyl sites for hydroxylation is 1. The third-order valence-corrected chi connectivity index (χ3v) is 2.18. The van der Waals surface area contributed by atoms with Crippen molar-refractivity contribution < 1.29 is 0 Å². The highest BCUT2D eigenvalue weighted by Crippen LogP contribution is 2.11. The number of hydrogen-bond donors (Lipinski definition) is 1. The van der Waals surface area contributed by atoms with Crippen molar-refractivity contribution in [2.45, 2.75) is 12.5 Å². The van der Waals surface area contributed by atoms with Crippen LogP contribution in [0.2, 0.25) is 0 Å². The van der Waals surface area contributed by atoms with E-state index in [9.17, 15) is 0 Å². The first-order valence-electron chi connectivity index (χ1n) is 4.76. The number of nitrogens with zero attached hydrogens (tertiary/aromatic N) is 4. The highest BCUT2D eigenvalue weighted by Gasteiger charge is 2.09. The number of rotatable bonds is 3. The second-order valence-electron chi connectivity index (χ2n) is 3.43. The van der Waals surface area contributed by atoms with Crippen LogP contribution in [0.15, 0.2) is 30.9 Å². The summed E-state index contributed by atoms with van der Waals surface area (Å²) in [5, 5.41) is 4.27. The van der Waals surface area contributed by atoms with Crippen molar-refractivity contribution in [1.29, 1.82) is 0 Å². The Hall–Kier alpha value is -1.75. The van der Waals surface area contributed by atoms with E-state index >= 15 is 0 Å². The number of aromatic nitrogens is 4. The van der Waals surface area contributed by atoms with E-state index in [0.29, 0.717) is 6.42 Å². The van der Waals surface area contributed by atoms with Crippen molar-refractivity contribution >= 4 is 0 Å². The van der Waals surface area contributed by atoms with Crippen molar-refractivity contribution in [1.82, 2.24) is 19.7 Å². The van der Waals surface area contributed by atoms with E-state index in [2.05, 4.69) is 15.1 Å². The van der Waals surface area contributed by atoms with Gasteiger partial charge in [0.25, 0.3) is 0 Å². The first-order chi connectivity index (χ1) is 7.25. The zero-order chi connectivity index (χ0) is 10.7. The van der Waals surface area contributed by atoms with E-state index < -0.39 is 0 Å². The fraction of sp³-hybridized carbons (Fsp3) is 0.300. The maximum atomic E-state index is 6.00. The zero-order valence-electron chi connectivity index (χ0n) is 8.54. The van der Waals surface area contributed by atoms with Crippen LogP contribution in [0.5, 0.6) is 0 Å². The van der Waals surface area contributed by atoms with Gasteiger partial charge < -0.3 is 5.73 Å². The summed E-state index contributed by atoms with van der Waals surface area (Å²) in [6.07, 6.45) is 5.80. The summed E-state index contributed by atoms with van der Waals surface area (Å²) in [5.41, 5.74) is 7.82. The van der Waals surface area contributed by atoms with E-state index in [1.807, 2.05) is 25.4 Å². The molecule has 0 bridgehead atoms. The first kappa shape index (κ1) is 9.79. The molecule has 1 atom stereocenters. The molecule has 0 amide bonds. The van der Waals surface area contributed by atoms with Crippen LogP contribution < -0.4 is 5.73 Å². The average Bonchev–Trinajstić information content (AvgIpc) is 2.65. The van der Waals surface area contributed by atoms with Gasteiger partial charge in [0.05, 0.1) is 17.4 Å². The molecule has 0 aliphatic rings. The molecule has 0 radical (unpaired) electrons. The lowest BCUT2D eigenvalue weighted by Gasteiger charge is -2.07. The number of hydrogen-bond acceptors (Lipinski definition) is 4. The predicted octanol–water partition coefficient (Wildman–Crippen LogP) is 0.453. The highest BCUT2D eigenvalue weighted by atomic mass is 15.2. The quantitative estimate of drug-likeness (QED) is 0.786. The molecule has 2 heterocycles. The minimum absolute atomic E-state index is 0.122. The SMILES string of the molecule is Cn1ccc(CC(N)c2ccncn2)n1. The fourth-order valence-electron chi connectivity index (χ4n) is 1.42. The van der Waals surface area contributed by atoms with Crippen LogP contribution in [0.4, 0.5) is 0 Å². The van der Waals surface area contributed by atoms with Crippen LogP contribution in [0.1, 0.15) is 17.4 Å². The molecule has 2 aromatic heterocycles. The molecule has 5 heteroatoms. The van der Waals surface area contributed by atoms with Gasteiger partial charge in [-0.25, -0.2) is 9.97 Å². The van der Waals surface area contributed by atoms with Gasteiger partial charge in [-0.15, -0.1) is 0 Å². The Bertz CT molecular complexity index is 422. The molecule has 0 aromatic carbocycles. The Morgan fingerprint density at radius 1 is 1.47 bits per heavy atom. The highest BCUT2D eigenvalue weighted by molar-refractivity contribution is 5.09. The Balaban J connectivity index is 2.07. The molecule has 0 fully saturated rings. The lowest BCUT2D eigenvalue weighted by atomic mass is 10.1. The van der Waals surface area contributed by atoms with Gasteiger partial charge in [0.2, 0.25) is 0 Å². The second kappa shape index (κ2) is 4.18. The van der Waals surface area contributed by atoms with Crippen LogP contribution in [-0.2, 0) is 13.5 Å². The lowest BCUT2D eigenvalue weighted by Crippen LogP contribution is -2.15. The molecule has 5 nitrogen and oxygen atoms in total. The summed E-state index contributed by atoms with van der Waals surface area (Å²) in [7, 11) is 1.89. The van der Waals surface area contributed by atoms with Crippen molar-refractivity contribution in [3.05, 3.63) is 42.2 Å². The van der Waals surface area contributed by atoms with Gasteiger partial charge in [-0.1, -0.05) is 0 Å². The van der Waals surface area contributed by atoms with E-state index in [1.165, 1.54) is 6.33 Å². The molecule has 0 saturated heterocycles. The third kappa shape index (κ3) is 2.38. The topological polar surface area (TPSA) is 69.6 Å². The summed E-state index contributed by atoms with van der Waals surface area (Å²) in [5.74, 6) is 0. The van der Waals surface area contributed by atoms with Gasteiger partial charge in [0.15, 0.2) is 0 Å². The summed E-state index contributed by atoms with van der Waals surface area (Å²) in [6, 6.07) is 3.66. The maximum Gasteiger partial charge on any atom is 0.115 e. The van der Waals surface area contributed by atoms with E-state index in [1.54, 1.807) is 10.9 Å². The van der Waals surface area contributed by atoms with Gasteiger partial charge in [-0.3, -0.25) is 4.68 Å². The van der Waals surface area contributed by atoms with Gasteiger partial charge in [0.1, 0.15) is 6.33 Å². The number of nitrogens with two attached hydrogens (primary N) is 1. The summed E-state index contributed by atoms with van der Waals surface area (Å²) in [6.45, 7) is 0. The fourth-order valence-corrected chi connectivity index (χ4v) is 1.42. The smallest absolute Gasteiger partial charge is 0.115 e. The predicted molar refractivity (Wildman–Crippen MR) is 55.9 cm³/mol. The largest absolute Gasteiger partial charge is 0.322 e. The minimum Gasteiger partial charge on any atom is -0.322 e. The summed E-state index contributed by atoms with van der Waals surface area (Å²) in [4.78, 5) is 7.96. The maximum absolute atomic E-state index is 6.00. The van der Waals surface area contributed by atoms with E-state index in [-0.39, 0.29) is 6.04 Å². The van der Waals surface area contributed by atoms with Crippen molar-refractivity contribution in [2.24, 2.45) is 12.8 Å². The third-order valence-electron chi connectivity index (χ3n) is 2.18. The van der Waals surface area contributed by atoms with Crippen LogP contribution in [0.25, 0.3) is 0 Å². The lowest BCUT2D eigenvalue weighted by molar-refractivity contribution is 0.658.